The van der Waals surface area contributed by atoms with Gasteiger partial charge in [0, 0.05) is 104 Å². The van der Waals surface area contributed by atoms with Crippen molar-refractivity contribution in [3.8, 4) is 168 Å². The van der Waals surface area contributed by atoms with Gasteiger partial charge in [-0.15, -0.1) is 0 Å². The lowest BCUT2D eigenvalue weighted by molar-refractivity contribution is 0.593. The summed E-state index contributed by atoms with van der Waals surface area (Å²) in [7, 11) is 0. The first kappa shape index (κ1) is 79.6. The minimum Gasteiger partial charge on any atom is -0.265 e. The van der Waals surface area contributed by atoms with Crippen LogP contribution in [0.3, 0.4) is 0 Å². The number of aromatic nitrogens is 9. The Morgan fingerprint density at radius 1 is 0.175 bits per heavy atom. The van der Waals surface area contributed by atoms with Crippen LogP contribution in [0.25, 0.3) is 201 Å². The second kappa shape index (κ2) is 35.8. The van der Waals surface area contributed by atoms with Gasteiger partial charge in [-0.05, 0) is 145 Å². The number of fused-ring (bicyclic) bond motifs is 3. The number of hydrogen-bond acceptors (Lipinski definition) is 9. The highest BCUT2D eigenvalue weighted by Gasteiger charge is 2.29. The molecule has 21 rings (SSSR count). The van der Waals surface area contributed by atoms with Gasteiger partial charge in [-0.3, -0.25) is 15.0 Å². The molecule has 0 aliphatic rings. The Hall–Kier alpha value is -16.2. The molecule has 0 unspecified atom stereocenters. The summed E-state index contributed by atoms with van der Waals surface area (Å²) in [5, 5.41) is 0. The molecule has 0 aliphatic heterocycles. The average Bonchev–Trinajstić information content (AvgIpc) is 0.560. The van der Waals surface area contributed by atoms with E-state index < -0.39 is 0 Å². The van der Waals surface area contributed by atoms with Crippen molar-refractivity contribution in [1.82, 2.24) is 44.9 Å². The Morgan fingerprint density at radius 2 is 0.397 bits per heavy atom. The molecule has 6 heterocycles. The van der Waals surface area contributed by atoms with E-state index in [0.29, 0.717) is 0 Å². The topological polar surface area (TPSA) is 116 Å². The molecule has 6 aromatic heterocycles. The molecular weight excluding hydrogens is 1530 g/mol. The lowest BCUT2D eigenvalue weighted by Crippen LogP contribution is -2.14. The lowest BCUT2D eigenvalue weighted by atomic mass is 9.79. The highest BCUT2D eigenvalue weighted by molar-refractivity contribution is 6.08. The second-order valence-electron chi connectivity index (χ2n) is 32.4. The van der Waals surface area contributed by atoms with Gasteiger partial charge < -0.3 is 0 Å². The fourth-order valence-electron chi connectivity index (χ4n) is 16.9. The molecule has 15 aromatic carbocycles. The van der Waals surface area contributed by atoms with Crippen molar-refractivity contribution in [2.75, 3.05) is 0 Å². The molecule has 9 heteroatoms. The quantitative estimate of drug-likeness (QED) is 0.0989. The lowest BCUT2D eigenvalue weighted by Gasteiger charge is -2.26. The molecule has 0 atom stereocenters. The minimum atomic E-state index is -0.131. The van der Waals surface area contributed by atoms with Crippen LogP contribution in [0.5, 0.6) is 0 Å². The molecule has 0 amide bonds. The van der Waals surface area contributed by atoms with Gasteiger partial charge >= 0.3 is 0 Å². The van der Waals surface area contributed by atoms with Crippen molar-refractivity contribution in [3.63, 3.8) is 0 Å². The van der Waals surface area contributed by atoms with Gasteiger partial charge in [0.1, 0.15) is 0 Å². The zero-order valence-electron chi connectivity index (χ0n) is 70.6. The van der Waals surface area contributed by atoms with Crippen molar-refractivity contribution in [2.45, 2.75) is 40.0 Å². The van der Waals surface area contributed by atoms with Gasteiger partial charge in [0.25, 0.3) is 0 Å². The van der Waals surface area contributed by atoms with E-state index in [1.165, 1.54) is 16.7 Å². The molecule has 126 heavy (non-hydrogen) atoms. The van der Waals surface area contributed by atoms with Gasteiger partial charge in [-0.25, -0.2) is 29.9 Å². The number of aryl methyl sites for hydroxylation is 2. The van der Waals surface area contributed by atoms with Gasteiger partial charge in [0.15, 0.2) is 0 Å². The molecule has 0 saturated carbocycles. The van der Waals surface area contributed by atoms with E-state index in [9.17, 15) is 0 Å². The summed E-state index contributed by atoms with van der Waals surface area (Å²) in [4.78, 5) is 45.7. The normalized spacial score (nSPS) is 11.2. The third-order valence-electron chi connectivity index (χ3n) is 23.1. The third-order valence-corrected chi connectivity index (χ3v) is 23.1. The van der Waals surface area contributed by atoms with Crippen LogP contribution >= 0.6 is 0 Å². The van der Waals surface area contributed by atoms with Crippen LogP contribution in [-0.4, -0.2) is 44.9 Å². The van der Waals surface area contributed by atoms with Crippen LogP contribution in [0, 0.1) is 13.8 Å². The molecule has 0 bridgehead atoms. The molecule has 0 fully saturated rings. The first-order chi connectivity index (χ1) is 62.0. The van der Waals surface area contributed by atoms with E-state index in [4.69, 9.17) is 29.9 Å². The molecule has 0 N–H and O–H groups in total. The standard InChI is InChI=1S/C41H33N3.2C38H27N3/c1-41(2,3)35-26-34(29-14-7-4-8-15-29)39-40(36(35)30-16-9-5-10-17-30)44-38(37(43-39)31-18-11-6-12-19-31)32-23-21-28(22-24-32)33-20-13-25-42-27-33;1-26-24-33(28-12-5-2-6-13-28)37-38(34(26)29-14-7-3-8-15-29)41-36(35(40-37)30-16-9-4-10-17-30)31-21-19-27(20-22-31)32-18-11-23-39-25-32;1-26-25-33(29-11-5-2-6-12-29)37-38(34(26)30-13-7-3-8-14-30)41-36(35(40-37)31-15-9-4-10-16-31)32-19-17-27(18-20-32)28-21-23-39-24-22-28/h4-27H,1-3H3;2*2-25H,1H3. The summed E-state index contributed by atoms with van der Waals surface area (Å²) in [5.41, 5.74) is 40.3. The molecular formula is C117H87N9. The van der Waals surface area contributed by atoms with Crippen LogP contribution < -0.4 is 0 Å². The first-order valence-electron chi connectivity index (χ1n) is 42.6. The van der Waals surface area contributed by atoms with E-state index in [0.717, 1.165) is 201 Å². The Bertz CT molecular complexity index is 7070. The van der Waals surface area contributed by atoms with Crippen molar-refractivity contribution in [2.24, 2.45) is 0 Å². The van der Waals surface area contributed by atoms with Crippen LogP contribution in [0.1, 0.15) is 37.5 Å². The summed E-state index contributed by atoms with van der Waals surface area (Å²) in [6.45, 7) is 11.2. The molecule has 0 radical (unpaired) electrons. The minimum absolute atomic E-state index is 0.131. The molecule has 9 nitrogen and oxygen atoms in total. The van der Waals surface area contributed by atoms with Gasteiger partial charge in [-0.2, -0.15) is 0 Å². The van der Waals surface area contributed by atoms with E-state index in [2.05, 4.69) is 383 Å². The smallest absolute Gasteiger partial charge is 0.0982 e. The Balaban J connectivity index is 0.000000124. The summed E-state index contributed by atoms with van der Waals surface area (Å²) in [5.74, 6) is 0. The molecule has 0 saturated heterocycles. The highest BCUT2D eigenvalue weighted by Crippen LogP contribution is 2.47. The molecule has 0 aliphatic carbocycles. The predicted molar refractivity (Wildman–Crippen MR) is 522 cm³/mol. The van der Waals surface area contributed by atoms with Crippen LogP contribution in [0.4, 0.5) is 0 Å². The van der Waals surface area contributed by atoms with Gasteiger partial charge in [-0.1, -0.05) is 379 Å². The van der Waals surface area contributed by atoms with Crippen molar-refractivity contribution in [3.05, 3.63) is 454 Å². The first-order valence-corrected chi connectivity index (χ1v) is 42.6. The van der Waals surface area contributed by atoms with Crippen molar-refractivity contribution < 1.29 is 0 Å². The van der Waals surface area contributed by atoms with E-state index in [1.807, 2.05) is 91.5 Å². The molecule has 600 valence electrons. The number of nitrogens with zero attached hydrogens (tertiary/aromatic N) is 9. The predicted octanol–water partition coefficient (Wildman–Crippen LogP) is 30.0. The largest absolute Gasteiger partial charge is 0.265 e. The maximum absolute atomic E-state index is 5.59. The number of rotatable bonds is 15. The third kappa shape index (κ3) is 16.6. The van der Waals surface area contributed by atoms with E-state index >= 15 is 0 Å². The maximum Gasteiger partial charge on any atom is 0.0982 e. The second-order valence-corrected chi connectivity index (χ2v) is 32.4. The average molecular weight is 1620 g/mol. The van der Waals surface area contributed by atoms with Crippen LogP contribution in [0.15, 0.2) is 438 Å². The highest BCUT2D eigenvalue weighted by atomic mass is 14.9. The van der Waals surface area contributed by atoms with Gasteiger partial charge in [0.2, 0.25) is 0 Å². The zero-order valence-corrected chi connectivity index (χ0v) is 70.6. The van der Waals surface area contributed by atoms with E-state index in [-0.39, 0.29) is 5.41 Å². The Kier molecular flexibility index (Phi) is 22.6. The zero-order chi connectivity index (χ0) is 85.3. The van der Waals surface area contributed by atoms with Crippen molar-refractivity contribution >= 4 is 33.1 Å². The molecule has 0 spiro atoms. The number of hydrogen-bond donors (Lipinski definition) is 0. The fraction of sp³-hybridized carbons (Fsp3) is 0.0513. The van der Waals surface area contributed by atoms with Crippen LogP contribution in [0.2, 0.25) is 0 Å². The van der Waals surface area contributed by atoms with Gasteiger partial charge in [0.05, 0.1) is 67.3 Å². The monoisotopic (exact) mass is 1620 g/mol. The maximum atomic E-state index is 5.59. The fourth-order valence-corrected chi connectivity index (χ4v) is 16.9. The molecule has 21 aromatic rings. The summed E-state index contributed by atoms with van der Waals surface area (Å²) in [6.07, 6.45) is 11.0. The summed E-state index contributed by atoms with van der Waals surface area (Å²) >= 11 is 0. The Morgan fingerprint density at radius 3 is 0.683 bits per heavy atom. The number of pyridine rings is 3. The SMILES string of the molecule is CC(C)(C)c1cc(-c2ccccc2)c2nc(-c3ccccc3)c(-c3ccc(-c4cccnc4)cc3)nc2c1-c1ccccc1.Cc1cc(-c2ccccc2)c2nc(-c3ccccc3)c(-c3ccc(-c4cccnc4)cc3)nc2c1-c1ccccc1.Cc1cc(-c2ccccc2)c2nc(-c3ccccc3)c(-c3ccc(-c4ccncc4)cc3)nc2c1-c1ccccc1. The van der Waals surface area contributed by atoms with E-state index in [1.54, 1.807) is 12.4 Å². The number of benzene rings is 15. The Labute approximate surface area is 735 Å². The van der Waals surface area contributed by atoms with Crippen molar-refractivity contribution in [1.29, 1.82) is 0 Å². The summed E-state index contributed by atoms with van der Waals surface area (Å²) in [6, 6.07) is 139. The summed E-state index contributed by atoms with van der Waals surface area (Å²) < 4.78 is 0. The van der Waals surface area contributed by atoms with Crippen LogP contribution in [-0.2, 0) is 5.41 Å².